The number of hydrogen-bond acceptors (Lipinski definition) is 3. The Morgan fingerprint density at radius 1 is 1.20 bits per heavy atom. The highest BCUT2D eigenvalue weighted by Crippen LogP contribution is 2.24. The molecular weight excluding hydrogens is 266 g/mol. The molecule has 2 heterocycles. The van der Waals surface area contributed by atoms with E-state index in [4.69, 9.17) is 4.42 Å². The molecular formula is C17H19NOS. The summed E-state index contributed by atoms with van der Waals surface area (Å²) < 4.78 is 5.85. The van der Waals surface area contributed by atoms with Crippen LogP contribution in [0.1, 0.15) is 36.4 Å². The second-order valence-corrected chi connectivity index (χ2v) is 5.97. The van der Waals surface area contributed by atoms with E-state index in [1.54, 1.807) is 0 Å². The zero-order chi connectivity index (χ0) is 13.8. The van der Waals surface area contributed by atoms with Crippen molar-refractivity contribution in [3.05, 3.63) is 58.5 Å². The predicted molar refractivity (Wildman–Crippen MR) is 85.0 cm³/mol. The van der Waals surface area contributed by atoms with Gasteiger partial charge < -0.3 is 9.73 Å². The Hall–Kier alpha value is -1.58. The molecule has 0 aliphatic rings. The molecule has 1 atom stereocenters. The van der Waals surface area contributed by atoms with Crippen LogP contribution in [0.25, 0.3) is 11.0 Å². The van der Waals surface area contributed by atoms with Gasteiger partial charge in [0.2, 0.25) is 0 Å². The SMILES string of the molecule is CCCC(NCc1cc2ccccc2o1)c1cccs1. The first-order valence-corrected chi connectivity index (χ1v) is 7.99. The number of hydrogen-bond donors (Lipinski definition) is 1. The summed E-state index contributed by atoms with van der Waals surface area (Å²) in [5, 5.41) is 6.93. The van der Waals surface area contributed by atoms with Gasteiger partial charge in [0.25, 0.3) is 0 Å². The number of nitrogens with one attached hydrogen (secondary N) is 1. The number of rotatable bonds is 6. The van der Waals surface area contributed by atoms with Crippen molar-refractivity contribution in [3.63, 3.8) is 0 Å². The molecule has 3 heteroatoms. The monoisotopic (exact) mass is 285 g/mol. The lowest BCUT2D eigenvalue weighted by atomic mass is 10.1. The molecule has 0 saturated carbocycles. The van der Waals surface area contributed by atoms with Crippen molar-refractivity contribution < 1.29 is 4.42 Å². The van der Waals surface area contributed by atoms with Crippen molar-refractivity contribution in [2.45, 2.75) is 32.4 Å². The lowest BCUT2D eigenvalue weighted by Gasteiger charge is -2.15. The Morgan fingerprint density at radius 3 is 2.85 bits per heavy atom. The molecule has 2 aromatic heterocycles. The largest absolute Gasteiger partial charge is 0.460 e. The maximum atomic E-state index is 5.85. The number of thiophene rings is 1. The summed E-state index contributed by atoms with van der Waals surface area (Å²) in [6, 6.07) is 15.0. The third-order valence-corrected chi connectivity index (χ3v) is 4.45. The minimum absolute atomic E-state index is 0.424. The summed E-state index contributed by atoms with van der Waals surface area (Å²) in [5.41, 5.74) is 0.965. The quantitative estimate of drug-likeness (QED) is 0.679. The van der Waals surface area contributed by atoms with E-state index in [1.807, 2.05) is 29.5 Å². The van der Waals surface area contributed by atoms with Crippen LogP contribution in [0.15, 0.2) is 52.3 Å². The summed E-state index contributed by atoms with van der Waals surface area (Å²) in [5.74, 6) is 1.00. The number of benzene rings is 1. The Bertz CT molecular complexity index is 624. The fourth-order valence-corrected chi connectivity index (χ4v) is 3.31. The molecule has 20 heavy (non-hydrogen) atoms. The fraction of sp³-hybridized carbons (Fsp3) is 0.294. The van der Waals surface area contributed by atoms with E-state index in [0.717, 1.165) is 24.3 Å². The third-order valence-electron chi connectivity index (χ3n) is 3.46. The highest BCUT2D eigenvalue weighted by Gasteiger charge is 2.12. The summed E-state index contributed by atoms with van der Waals surface area (Å²) in [4.78, 5) is 1.41. The topological polar surface area (TPSA) is 25.2 Å². The molecule has 3 aromatic rings. The van der Waals surface area contributed by atoms with Crippen LogP contribution in [0.2, 0.25) is 0 Å². The van der Waals surface area contributed by atoms with Gasteiger partial charge in [-0.2, -0.15) is 0 Å². The van der Waals surface area contributed by atoms with Crippen molar-refractivity contribution in [2.24, 2.45) is 0 Å². The zero-order valence-corrected chi connectivity index (χ0v) is 12.5. The second kappa shape index (κ2) is 6.25. The van der Waals surface area contributed by atoms with Crippen molar-refractivity contribution in [1.29, 1.82) is 0 Å². The molecule has 0 spiro atoms. The summed E-state index contributed by atoms with van der Waals surface area (Å²) in [6.07, 6.45) is 2.33. The van der Waals surface area contributed by atoms with Crippen LogP contribution in [0.3, 0.4) is 0 Å². The first-order chi connectivity index (χ1) is 9.86. The van der Waals surface area contributed by atoms with Crippen LogP contribution in [0, 0.1) is 0 Å². The molecule has 3 rings (SSSR count). The highest BCUT2D eigenvalue weighted by atomic mass is 32.1. The van der Waals surface area contributed by atoms with E-state index >= 15 is 0 Å². The van der Waals surface area contributed by atoms with Crippen LogP contribution in [0.5, 0.6) is 0 Å². The Kier molecular flexibility index (Phi) is 4.19. The predicted octanol–water partition coefficient (Wildman–Crippen LogP) is 5.13. The molecule has 1 aromatic carbocycles. The lowest BCUT2D eigenvalue weighted by Crippen LogP contribution is -2.19. The Balaban J connectivity index is 1.70. The molecule has 2 nitrogen and oxygen atoms in total. The summed E-state index contributed by atoms with van der Waals surface area (Å²) in [7, 11) is 0. The molecule has 0 aliphatic heterocycles. The van der Waals surface area contributed by atoms with Crippen molar-refractivity contribution in [2.75, 3.05) is 0 Å². The van der Waals surface area contributed by atoms with E-state index in [1.165, 1.54) is 16.7 Å². The van der Waals surface area contributed by atoms with E-state index < -0.39 is 0 Å². The van der Waals surface area contributed by atoms with Crippen molar-refractivity contribution in [1.82, 2.24) is 5.32 Å². The molecule has 0 aliphatic carbocycles. The van der Waals surface area contributed by atoms with E-state index in [9.17, 15) is 0 Å². The van der Waals surface area contributed by atoms with Crippen LogP contribution >= 0.6 is 11.3 Å². The smallest absolute Gasteiger partial charge is 0.134 e. The van der Waals surface area contributed by atoms with Gasteiger partial charge in [0.05, 0.1) is 6.54 Å². The fourth-order valence-electron chi connectivity index (χ4n) is 2.47. The first-order valence-electron chi connectivity index (χ1n) is 7.11. The molecule has 0 saturated heterocycles. The minimum atomic E-state index is 0.424. The van der Waals surface area contributed by atoms with Gasteiger partial charge in [0.15, 0.2) is 0 Å². The number of para-hydroxylation sites is 1. The van der Waals surface area contributed by atoms with Gasteiger partial charge >= 0.3 is 0 Å². The van der Waals surface area contributed by atoms with Gasteiger partial charge in [-0.15, -0.1) is 11.3 Å². The number of furan rings is 1. The minimum Gasteiger partial charge on any atom is -0.460 e. The van der Waals surface area contributed by atoms with Gasteiger partial charge in [-0.25, -0.2) is 0 Å². The second-order valence-electron chi connectivity index (χ2n) is 4.99. The lowest BCUT2D eigenvalue weighted by molar-refractivity contribution is 0.451. The van der Waals surface area contributed by atoms with Crippen molar-refractivity contribution in [3.8, 4) is 0 Å². The van der Waals surface area contributed by atoms with E-state index in [0.29, 0.717) is 6.04 Å². The van der Waals surface area contributed by atoms with Crippen LogP contribution in [-0.2, 0) is 6.54 Å². The van der Waals surface area contributed by atoms with E-state index in [2.05, 4.69) is 41.9 Å². The molecule has 1 unspecified atom stereocenters. The molecule has 104 valence electrons. The Labute approximate surface area is 123 Å². The van der Waals surface area contributed by atoms with Gasteiger partial charge in [-0.1, -0.05) is 37.6 Å². The summed E-state index contributed by atoms with van der Waals surface area (Å²) >= 11 is 1.82. The molecule has 0 fully saturated rings. The van der Waals surface area contributed by atoms with E-state index in [-0.39, 0.29) is 0 Å². The van der Waals surface area contributed by atoms with Gasteiger partial charge in [-0.05, 0) is 30.0 Å². The standard InChI is InChI=1S/C17H19NOS/c1-2-6-15(17-9-5-10-20-17)18-12-14-11-13-7-3-4-8-16(13)19-14/h3-5,7-11,15,18H,2,6,12H2,1H3. The average Bonchev–Trinajstić information content (AvgIpc) is 3.12. The first kappa shape index (κ1) is 13.4. The molecule has 0 bridgehead atoms. The molecule has 1 N–H and O–H groups in total. The molecule has 0 amide bonds. The maximum Gasteiger partial charge on any atom is 0.134 e. The van der Waals surface area contributed by atoms with Crippen LogP contribution < -0.4 is 5.32 Å². The van der Waals surface area contributed by atoms with Gasteiger partial charge in [0, 0.05) is 16.3 Å². The van der Waals surface area contributed by atoms with Gasteiger partial charge in [0.1, 0.15) is 11.3 Å². The summed E-state index contributed by atoms with van der Waals surface area (Å²) in [6.45, 7) is 3.00. The zero-order valence-electron chi connectivity index (χ0n) is 11.6. The van der Waals surface area contributed by atoms with Crippen molar-refractivity contribution >= 4 is 22.3 Å². The normalized spacial score (nSPS) is 12.8. The third kappa shape index (κ3) is 2.94. The molecule has 0 radical (unpaired) electrons. The number of fused-ring (bicyclic) bond motifs is 1. The highest BCUT2D eigenvalue weighted by molar-refractivity contribution is 7.10. The van der Waals surface area contributed by atoms with Crippen LogP contribution in [0.4, 0.5) is 0 Å². The maximum absolute atomic E-state index is 5.85. The van der Waals surface area contributed by atoms with Gasteiger partial charge in [-0.3, -0.25) is 0 Å². The Morgan fingerprint density at radius 2 is 2.10 bits per heavy atom. The van der Waals surface area contributed by atoms with Crippen LogP contribution in [-0.4, -0.2) is 0 Å². The average molecular weight is 285 g/mol.